The summed E-state index contributed by atoms with van der Waals surface area (Å²) in [5.41, 5.74) is -0.0281. The molecule has 0 spiro atoms. The molecule has 6 heteroatoms. The molecule has 21 heavy (non-hydrogen) atoms. The number of aromatic hydroxyl groups is 1. The molecule has 0 aromatic heterocycles. The van der Waals surface area contributed by atoms with Gasteiger partial charge in [0.05, 0.1) is 12.8 Å². The molecule has 0 fully saturated rings. The van der Waals surface area contributed by atoms with Crippen LogP contribution in [0.5, 0.6) is 11.5 Å². The number of carbonyl (C=O) groups excluding carboxylic acids is 1. The highest BCUT2D eigenvalue weighted by molar-refractivity contribution is 6.04. The Morgan fingerprint density at radius 1 is 1.19 bits per heavy atom. The largest absolute Gasteiger partial charge is 0.504 e. The molecular weight excluding hydrogens is 280 g/mol. The summed E-state index contributed by atoms with van der Waals surface area (Å²) in [6.07, 6.45) is 0. The van der Waals surface area contributed by atoms with Crippen molar-refractivity contribution in [2.75, 3.05) is 12.4 Å². The van der Waals surface area contributed by atoms with Gasteiger partial charge < -0.3 is 15.2 Å². The van der Waals surface area contributed by atoms with Crippen LogP contribution in [0.1, 0.15) is 15.9 Å². The Bertz CT molecular complexity index is 702. The number of halogens is 2. The molecule has 0 bridgehead atoms. The van der Waals surface area contributed by atoms with Gasteiger partial charge in [0.2, 0.25) is 0 Å². The fourth-order valence-electron chi connectivity index (χ4n) is 1.77. The fourth-order valence-corrected chi connectivity index (χ4v) is 1.77. The lowest BCUT2D eigenvalue weighted by Gasteiger charge is -2.09. The van der Waals surface area contributed by atoms with Crippen LogP contribution in [0.3, 0.4) is 0 Å². The summed E-state index contributed by atoms with van der Waals surface area (Å²) < 4.78 is 31.9. The Balaban J connectivity index is 2.26. The number of anilines is 1. The average Bonchev–Trinajstić information content (AvgIpc) is 2.44. The highest BCUT2D eigenvalue weighted by atomic mass is 19.1. The van der Waals surface area contributed by atoms with Crippen molar-refractivity contribution in [3.05, 3.63) is 53.1 Å². The second-order valence-electron chi connectivity index (χ2n) is 4.42. The van der Waals surface area contributed by atoms with Gasteiger partial charge in [-0.15, -0.1) is 0 Å². The van der Waals surface area contributed by atoms with E-state index >= 15 is 0 Å². The van der Waals surface area contributed by atoms with Crippen molar-refractivity contribution in [2.45, 2.75) is 6.92 Å². The van der Waals surface area contributed by atoms with E-state index in [9.17, 15) is 18.7 Å². The minimum Gasteiger partial charge on any atom is -0.504 e. The van der Waals surface area contributed by atoms with Gasteiger partial charge in [-0.1, -0.05) is 0 Å². The van der Waals surface area contributed by atoms with E-state index < -0.39 is 17.5 Å². The molecule has 2 aromatic rings. The van der Waals surface area contributed by atoms with Crippen molar-refractivity contribution < 1.29 is 23.4 Å². The van der Waals surface area contributed by atoms with Crippen LogP contribution in [-0.2, 0) is 0 Å². The SMILES string of the molecule is COc1ccc(C(=O)Nc2cc(F)c(C)cc2F)cc1O. The van der Waals surface area contributed by atoms with Gasteiger partial charge in [0.1, 0.15) is 11.6 Å². The molecular formula is C15H13F2NO3. The number of hydrogen-bond donors (Lipinski definition) is 2. The zero-order valence-electron chi connectivity index (χ0n) is 11.4. The first-order valence-electron chi connectivity index (χ1n) is 6.06. The van der Waals surface area contributed by atoms with Crippen molar-refractivity contribution in [3.63, 3.8) is 0 Å². The first-order chi connectivity index (χ1) is 9.92. The maximum absolute atomic E-state index is 13.7. The van der Waals surface area contributed by atoms with Crippen LogP contribution < -0.4 is 10.1 Å². The van der Waals surface area contributed by atoms with Crippen molar-refractivity contribution in [2.24, 2.45) is 0 Å². The lowest BCUT2D eigenvalue weighted by molar-refractivity contribution is 0.102. The lowest BCUT2D eigenvalue weighted by Crippen LogP contribution is -2.13. The minimum atomic E-state index is -0.736. The van der Waals surface area contributed by atoms with Crippen LogP contribution in [0.25, 0.3) is 0 Å². The number of nitrogens with one attached hydrogen (secondary N) is 1. The number of amides is 1. The van der Waals surface area contributed by atoms with Gasteiger partial charge in [-0.2, -0.15) is 0 Å². The van der Waals surface area contributed by atoms with Crippen LogP contribution >= 0.6 is 0 Å². The molecule has 0 heterocycles. The summed E-state index contributed by atoms with van der Waals surface area (Å²) in [7, 11) is 1.37. The van der Waals surface area contributed by atoms with E-state index in [1.807, 2.05) is 0 Å². The van der Waals surface area contributed by atoms with Gasteiger partial charge >= 0.3 is 0 Å². The third-order valence-electron chi connectivity index (χ3n) is 2.94. The summed E-state index contributed by atoms with van der Waals surface area (Å²) in [5, 5.41) is 11.9. The van der Waals surface area contributed by atoms with E-state index in [0.717, 1.165) is 12.1 Å². The van der Waals surface area contributed by atoms with E-state index in [0.29, 0.717) is 0 Å². The van der Waals surface area contributed by atoms with E-state index in [-0.39, 0.29) is 28.3 Å². The summed E-state index contributed by atoms with van der Waals surface area (Å²) >= 11 is 0. The Kier molecular flexibility index (Phi) is 4.07. The summed E-state index contributed by atoms with van der Waals surface area (Å²) in [6, 6.07) is 5.88. The Morgan fingerprint density at radius 2 is 1.90 bits per heavy atom. The molecule has 110 valence electrons. The quantitative estimate of drug-likeness (QED) is 0.913. The molecule has 0 aliphatic heterocycles. The predicted octanol–water partition coefficient (Wildman–Crippen LogP) is 3.24. The van der Waals surface area contributed by atoms with Gasteiger partial charge in [-0.05, 0) is 36.8 Å². The summed E-state index contributed by atoms with van der Waals surface area (Å²) in [5.74, 6) is -2.04. The van der Waals surface area contributed by atoms with Gasteiger partial charge in [0, 0.05) is 11.6 Å². The van der Waals surface area contributed by atoms with Crippen LogP contribution in [-0.4, -0.2) is 18.1 Å². The number of aryl methyl sites for hydroxylation is 1. The first-order valence-corrected chi connectivity index (χ1v) is 6.06. The molecule has 2 N–H and O–H groups in total. The zero-order valence-corrected chi connectivity index (χ0v) is 11.4. The van der Waals surface area contributed by atoms with Crippen LogP contribution in [0.4, 0.5) is 14.5 Å². The number of methoxy groups -OCH3 is 1. The Morgan fingerprint density at radius 3 is 2.52 bits per heavy atom. The number of phenolic OH excluding ortho intramolecular Hbond substituents is 1. The zero-order chi connectivity index (χ0) is 15.6. The third kappa shape index (κ3) is 3.10. The standard InChI is InChI=1S/C15H13F2NO3/c1-8-5-11(17)12(7-10(8)16)18-15(20)9-3-4-14(21-2)13(19)6-9/h3-7,19H,1-2H3,(H,18,20). The van der Waals surface area contributed by atoms with Gasteiger partial charge in [-0.3, -0.25) is 4.79 Å². The number of ether oxygens (including phenoxy) is 1. The summed E-state index contributed by atoms with van der Waals surface area (Å²) in [4.78, 5) is 12.0. The van der Waals surface area contributed by atoms with Gasteiger partial charge in [-0.25, -0.2) is 8.78 Å². The minimum absolute atomic E-state index is 0.0914. The average molecular weight is 293 g/mol. The maximum atomic E-state index is 13.7. The summed E-state index contributed by atoms with van der Waals surface area (Å²) in [6.45, 7) is 1.42. The molecule has 0 atom stereocenters. The monoisotopic (exact) mass is 293 g/mol. The molecule has 1 amide bonds. The van der Waals surface area contributed by atoms with Crippen molar-refractivity contribution in [3.8, 4) is 11.5 Å². The molecule has 0 radical (unpaired) electrons. The molecule has 0 saturated heterocycles. The van der Waals surface area contributed by atoms with Crippen molar-refractivity contribution in [1.82, 2.24) is 0 Å². The van der Waals surface area contributed by atoms with Gasteiger partial charge in [0.15, 0.2) is 11.5 Å². The third-order valence-corrected chi connectivity index (χ3v) is 2.94. The molecule has 0 aliphatic carbocycles. The lowest BCUT2D eigenvalue weighted by atomic mass is 10.1. The predicted molar refractivity (Wildman–Crippen MR) is 73.7 cm³/mol. The van der Waals surface area contributed by atoms with Crippen molar-refractivity contribution in [1.29, 1.82) is 0 Å². The second-order valence-corrected chi connectivity index (χ2v) is 4.42. The Labute approximate surface area is 120 Å². The number of benzene rings is 2. The van der Waals surface area contributed by atoms with Crippen molar-refractivity contribution >= 4 is 11.6 Å². The highest BCUT2D eigenvalue weighted by Gasteiger charge is 2.13. The maximum Gasteiger partial charge on any atom is 0.255 e. The van der Waals surface area contributed by atoms with E-state index in [4.69, 9.17) is 4.74 Å². The van der Waals surface area contributed by atoms with E-state index in [1.54, 1.807) is 0 Å². The normalized spacial score (nSPS) is 10.3. The molecule has 2 aromatic carbocycles. The molecule has 2 rings (SSSR count). The van der Waals surface area contributed by atoms with E-state index in [1.165, 1.54) is 32.2 Å². The number of carbonyl (C=O) groups is 1. The molecule has 4 nitrogen and oxygen atoms in total. The van der Waals surface area contributed by atoms with Crippen LogP contribution in [0.15, 0.2) is 30.3 Å². The fraction of sp³-hybridized carbons (Fsp3) is 0.133. The smallest absolute Gasteiger partial charge is 0.255 e. The van der Waals surface area contributed by atoms with Crippen LogP contribution in [0, 0.1) is 18.6 Å². The number of rotatable bonds is 3. The topological polar surface area (TPSA) is 58.6 Å². The Hall–Kier alpha value is -2.63. The number of phenols is 1. The molecule has 0 saturated carbocycles. The highest BCUT2D eigenvalue weighted by Crippen LogP contribution is 2.27. The molecule has 0 aliphatic rings. The second kappa shape index (κ2) is 5.78. The van der Waals surface area contributed by atoms with Gasteiger partial charge in [0.25, 0.3) is 5.91 Å². The van der Waals surface area contributed by atoms with Crippen LogP contribution in [0.2, 0.25) is 0 Å². The van der Waals surface area contributed by atoms with E-state index in [2.05, 4.69) is 5.32 Å². The first kappa shape index (κ1) is 14.8. The number of hydrogen-bond acceptors (Lipinski definition) is 3. The molecule has 0 unspecified atom stereocenters.